The second-order valence-electron chi connectivity index (χ2n) is 5.36. The van der Waals surface area contributed by atoms with E-state index in [9.17, 15) is 9.90 Å². The molecule has 1 aliphatic carbocycles. The first-order valence-electron chi connectivity index (χ1n) is 6.81. The van der Waals surface area contributed by atoms with Crippen LogP contribution >= 0.6 is 0 Å². The lowest BCUT2D eigenvalue weighted by atomic mass is 9.69. The van der Waals surface area contributed by atoms with Crippen molar-refractivity contribution in [2.24, 2.45) is 0 Å². The van der Waals surface area contributed by atoms with E-state index in [2.05, 4.69) is 4.98 Å². The summed E-state index contributed by atoms with van der Waals surface area (Å²) in [6, 6.07) is 9.80. The van der Waals surface area contributed by atoms with Crippen LogP contribution in [0.2, 0.25) is 0 Å². The minimum atomic E-state index is -0.704. The van der Waals surface area contributed by atoms with Crippen molar-refractivity contribution < 1.29 is 9.90 Å². The summed E-state index contributed by atoms with van der Waals surface area (Å²) in [4.78, 5) is 16.1. The van der Waals surface area contributed by atoms with Crippen LogP contribution in [0.1, 0.15) is 37.7 Å². The van der Waals surface area contributed by atoms with Gasteiger partial charge < -0.3 is 5.11 Å². The van der Waals surface area contributed by atoms with Crippen molar-refractivity contribution >= 4 is 16.9 Å². The number of benzene rings is 1. The number of hydrogen-bond acceptors (Lipinski definition) is 2. The molecule has 1 aliphatic rings. The molecule has 98 valence electrons. The molecule has 1 fully saturated rings. The molecule has 0 atom stereocenters. The standard InChI is InChI=1S/C16H17NO2/c18-15(19)16(8-2-1-3-9-16)13-7-6-12-5-4-10-17-14(12)11-13/h4-7,10-11H,1-3,8-9H2,(H,18,19). The maximum atomic E-state index is 11.8. The second-order valence-corrected chi connectivity index (χ2v) is 5.36. The zero-order valence-electron chi connectivity index (χ0n) is 10.8. The molecule has 1 aromatic carbocycles. The summed E-state index contributed by atoms with van der Waals surface area (Å²) in [6.45, 7) is 0. The van der Waals surface area contributed by atoms with Crippen molar-refractivity contribution in [3.05, 3.63) is 42.1 Å². The average molecular weight is 255 g/mol. The van der Waals surface area contributed by atoms with E-state index < -0.39 is 11.4 Å². The summed E-state index contributed by atoms with van der Waals surface area (Å²) < 4.78 is 0. The van der Waals surface area contributed by atoms with E-state index in [1.54, 1.807) is 6.20 Å². The smallest absolute Gasteiger partial charge is 0.314 e. The number of aromatic nitrogens is 1. The molecular weight excluding hydrogens is 238 g/mol. The Balaban J connectivity index is 2.12. The molecule has 1 aromatic heterocycles. The number of carbonyl (C=O) groups is 1. The molecule has 2 aromatic rings. The van der Waals surface area contributed by atoms with Gasteiger partial charge in [-0.25, -0.2) is 0 Å². The molecule has 1 heterocycles. The lowest BCUT2D eigenvalue weighted by Gasteiger charge is -2.33. The fraction of sp³-hybridized carbons (Fsp3) is 0.375. The molecule has 0 spiro atoms. The molecule has 1 saturated carbocycles. The third kappa shape index (κ3) is 1.99. The normalized spacial score (nSPS) is 18.3. The molecule has 1 N–H and O–H groups in total. The summed E-state index contributed by atoms with van der Waals surface area (Å²) >= 11 is 0. The Hall–Kier alpha value is -1.90. The summed E-state index contributed by atoms with van der Waals surface area (Å²) in [6.07, 6.45) is 6.35. The summed E-state index contributed by atoms with van der Waals surface area (Å²) in [5.41, 5.74) is 1.08. The van der Waals surface area contributed by atoms with Gasteiger partial charge in [-0.2, -0.15) is 0 Å². The zero-order valence-corrected chi connectivity index (χ0v) is 10.8. The van der Waals surface area contributed by atoms with Crippen LogP contribution in [-0.2, 0) is 10.2 Å². The minimum Gasteiger partial charge on any atom is -0.481 e. The van der Waals surface area contributed by atoms with Gasteiger partial charge in [0.15, 0.2) is 0 Å². The van der Waals surface area contributed by atoms with Crippen LogP contribution in [0.3, 0.4) is 0 Å². The Kier molecular flexibility index (Phi) is 2.97. The maximum absolute atomic E-state index is 11.8. The van der Waals surface area contributed by atoms with Crippen LogP contribution in [0.25, 0.3) is 10.9 Å². The number of hydrogen-bond donors (Lipinski definition) is 1. The Morgan fingerprint density at radius 3 is 2.68 bits per heavy atom. The van der Waals surface area contributed by atoms with Crippen LogP contribution in [0, 0.1) is 0 Å². The van der Waals surface area contributed by atoms with Crippen molar-refractivity contribution in [3.8, 4) is 0 Å². The van der Waals surface area contributed by atoms with Crippen molar-refractivity contribution in [2.75, 3.05) is 0 Å². The lowest BCUT2D eigenvalue weighted by molar-refractivity contribution is -0.145. The molecule has 3 heteroatoms. The molecule has 3 rings (SSSR count). The Labute approximate surface area is 112 Å². The Morgan fingerprint density at radius 1 is 1.16 bits per heavy atom. The van der Waals surface area contributed by atoms with Gasteiger partial charge in [0.1, 0.15) is 0 Å². The topological polar surface area (TPSA) is 50.2 Å². The van der Waals surface area contributed by atoms with Crippen molar-refractivity contribution in [1.29, 1.82) is 0 Å². The van der Waals surface area contributed by atoms with Gasteiger partial charge in [0.05, 0.1) is 10.9 Å². The Bertz CT molecular complexity index is 615. The van der Waals surface area contributed by atoms with Crippen molar-refractivity contribution in [2.45, 2.75) is 37.5 Å². The molecular formula is C16H17NO2. The molecule has 0 saturated heterocycles. The highest BCUT2D eigenvalue weighted by atomic mass is 16.4. The monoisotopic (exact) mass is 255 g/mol. The number of aliphatic carboxylic acids is 1. The van der Waals surface area contributed by atoms with E-state index in [1.165, 1.54) is 0 Å². The number of rotatable bonds is 2. The summed E-state index contributed by atoms with van der Waals surface area (Å²) in [5, 5.41) is 10.8. The van der Waals surface area contributed by atoms with Gasteiger partial charge in [-0.1, -0.05) is 37.5 Å². The number of pyridine rings is 1. The molecule has 0 radical (unpaired) electrons. The number of carboxylic acid groups (broad SMARTS) is 1. The third-order valence-corrected chi connectivity index (χ3v) is 4.27. The van der Waals surface area contributed by atoms with Crippen LogP contribution in [0.5, 0.6) is 0 Å². The number of carboxylic acids is 1. The SMILES string of the molecule is O=C(O)C1(c2ccc3cccnc3c2)CCCCC1. The lowest BCUT2D eigenvalue weighted by Crippen LogP contribution is -2.37. The maximum Gasteiger partial charge on any atom is 0.314 e. The highest BCUT2D eigenvalue weighted by Crippen LogP contribution is 2.40. The fourth-order valence-corrected chi connectivity index (χ4v) is 3.15. The molecule has 3 nitrogen and oxygen atoms in total. The minimum absolute atomic E-state index is 0.692. The quantitative estimate of drug-likeness (QED) is 0.893. The molecule has 0 aliphatic heterocycles. The van der Waals surface area contributed by atoms with Crippen LogP contribution in [0.15, 0.2) is 36.5 Å². The summed E-state index contributed by atoms with van der Waals surface area (Å²) in [5.74, 6) is -0.692. The van der Waals surface area contributed by atoms with E-state index >= 15 is 0 Å². The van der Waals surface area contributed by atoms with Gasteiger partial charge in [-0.3, -0.25) is 9.78 Å². The predicted octanol–water partition coefficient (Wildman–Crippen LogP) is 3.52. The average Bonchev–Trinajstić information content (AvgIpc) is 2.47. The van der Waals surface area contributed by atoms with Gasteiger partial charge in [-0.05, 0) is 30.5 Å². The molecule has 19 heavy (non-hydrogen) atoms. The van der Waals surface area contributed by atoms with Crippen molar-refractivity contribution in [1.82, 2.24) is 4.98 Å². The number of fused-ring (bicyclic) bond motifs is 1. The van der Waals surface area contributed by atoms with Crippen LogP contribution < -0.4 is 0 Å². The van der Waals surface area contributed by atoms with Gasteiger partial charge in [0, 0.05) is 11.6 Å². The fourth-order valence-electron chi connectivity index (χ4n) is 3.15. The van der Waals surface area contributed by atoms with E-state index in [-0.39, 0.29) is 0 Å². The van der Waals surface area contributed by atoms with E-state index in [1.807, 2.05) is 30.3 Å². The second kappa shape index (κ2) is 4.65. The highest BCUT2D eigenvalue weighted by molar-refractivity contribution is 5.85. The Morgan fingerprint density at radius 2 is 1.95 bits per heavy atom. The van der Waals surface area contributed by atoms with Crippen LogP contribution in [0.4, 0.5) is 0 Å². The number of nitrogens with zero attached hydrogens (tertiary/aromatic N) is 1. The molecule has 0 unspecified atom stereocenters. The third-order valence-electron chi connectivity index (χ3n) is 4.27. The first-order chi connectivity index (χ1) is 9.22. The van der Waals surface area contributed by atoms with Crippen molar-refractivity contribution in [3.63, 3.8) is 0 Å². The van der Waals surface area contributed by atoms with Crippen LogP contribution in [-0.4, -0.2) is 16.1 Å². The molecule has 0 bridgehead atoms. The van der Waals surface area contributed by atoms with Gasteiger partial charge in [0.2, 0.25) is 0 Å². The molecule has 0 amide bonds. The highest BCUT2D eigenvalue weighted by Gasteiger charge is 2.41. The van der Waals surface area contributed by atoms with E-state index in [0.29, 0.717) is 0 Å². The van der Waals surface area contributed by atoms with Gasteiger partial charge in [-0.15, -0.1) is 0 Å². The first kappa shape index (κ1) is 12.2. The van der Waals surface area contributed by atoms with E-state index in [4.69, 9.17) is 0 Å². The summed E-state index contributed by atoms with van der Waals surface area (Å²) in [7, 11) is 0. The predicted molar refractivity (Wildman–Crippen MR) is 74.1 cm³/mol. The van der Waals surface area contributed by atoms with E-state index in [0.717, 1.165) is 48.6 Å². The zero-order chi connectivity index (χ0) is 13.3. The van der Waals surface area contributed by atoms with Gasteiger partial charge in [0.25, 0.3) is 0 Å². The largest absolute Gasteiger partial charge is 0.481 e. The van der Waals surface area contributed by atoms with Gasteiger partial charge >= 0.3 is 5.97 Å². The first-order valence-corrected chi connectivity index (χ1v) is 6.81.